The molecule has 0 saturated carbocycles. The van der Waals surface area contributed by atoms with Gasteiger partial charge in [-0.25, -0.2) is 9.59 Å². The number of amides is 1. The van der Waals surface area contributed by atoms with Crippen LogP contribution in [0.3, 0.4) is 0 Å². The van der Waals surface area contributed by atoms with Crippen LogP contribution in [0, 0.1) is 0 Å². The van der Waals surface area contributed by atoms with E-state index in [2.05, 4.69) is 6.72 Å². The Morgan fingerprint density at radius 1 is 0.744 bits per heavy atom. The maximum atomic E-state index is 13.3. The van der Waals surface area contributed by atoms with Crippen molar-refractivity contribution in [2.45, 2.75) is 19.6 Å². The second-order valence-electron chi connectivity index (χ2n) is 8.56. The topological polar surface area (TPSA) is 74.1 Å². The van der Waals surface area contributed by atoms with Crippen molar-refractivity contribution in [3.63, 3.8) is 0 Å². The molecule has 1 atom stereocenters. The number of carbonyl (C=O) groups is 2. The molecular weight excluding hydrogens is 494 g/mol. The zero-order valence-electron chi connectivity index (χ0n) is 21.7. The van der Waals surface area contributed by atoms with Gasteiger partial charge in [-0.15, -0.1) is 0 Å². The quantitative estimate of drug-likeness (QED) is 0.0991. The molecule has 0 heterocycles. The molecule has 1 unspecified atom stereocenters. The Kier molecular flexibility index (Phi) is 9.58. The molecule has 0 aliphatic carbocycles. The first kappa shape index (κ1) is 27.3. The molecule has 39 heavy (non-hydrogen) atoms. The number of para-hydroxylation sites is 1. The summed E-state index contributed by atoms with van der Waals surface area (Å²) in [7, 11) is 0. The van der Waals surface area contributed by atoms with Crippen LogP contribution in [0.15, 0.2) is 109 Å². The maximum Gasteiger partial charge on any atom is 0.419 e. The molecule has 1 amide bonds. The summed E-state index contributed by atoms with van der Waals surface area (Å²) in [6.45, 7) is 6.43. The van der Waals surface area contributed by atoms with Crippen molar-refractivity contribution >= 4 is 18.6 Å². The molecule has 0 fully saturated rings. The molecule has 0 aliphatic rings. The van der Waals surface area contributed by atoms with Crippen molar-refractivity contribution < 1.29 is 33.1 Å². The van der Waals surface area contributed by atoms with Gasteiger partial charge < -0.3 is 18.9 Å². The molecule has 4 aromatic rings. The number of ether oxygens (including phenoxy) is 4. The van der Waals surface area contributed by atoms with E-state index < -0.39 is 17.9 Å². The summed E-state index contributed by atoms with van der Waals surface area (Å²) in [5.41, 5.74) is 1.30. The Morgan fingerprint density at radius 3 is 1.95 bits per heavy atom. The van der Waals surface area contributed by atoms with Crippen LogP contribution in [0.5, 0.6) is 23.0 Å². The third-order valence-corrected chi connectivity index (χ3v) is 5.73. The van der Waals surface area contributed by atoms with Gasteiger partial charge in [-0.05, 0) is 73.2 Å². The lowest BCUT2D eigenvalue weighted by Crippen LogP contribution is -2.43. The molecule has 0 aromatic heterocycles. The summed E-state index contributed by atoms with van der Waals surface area (Å²) >= 11 is 0. The first-order valence-electron chi connectivity index (χ1n) is 12.6. The van der Waals surface area contributed by atoms with Gasteiger partial charge in [0.05, 0.1) is 18.8 Å². The van der Waals surface area contributed by atoms with E-state index >= 15 is 0 Å². The third-order valence-electron chi connectivity index (χ3n) is 5.73. The summed E-state index contributed by atoms with van der Waals surface area (Å²) in [6, 6.07) is 31.1. The van der Waals surface area contributed by atoms with E-state index in [4.69, 9.17) is 18.9 Å². The monoisotopic (exact) mass is 524 g/mol. The average Bonchev–Trinajstić information content (AvgIpc) is 2.97. The molecule has 0 N–H and O–H groups in total. The van der Waals surface area contributed by atoms with Gasteiger partial charge in [0.25, 0.3) is 6.04 Å². The molecule has 4 rings (SSSR count). The fraction of sp³-hybridized carbons (Fsp3) is 0.156. The van der Waals surface area contributed by atoms with E-state index in [0.29, 0.717) is 35.2 Å². The van der Waals surface area contributed by atoms with E-state index in [9.17, 15) is 9.59 Å². The van der Waals surface area contributed by atoms with E-state index in [1.165, 1.54) is 0 Å². The predicted octanol–water partition coefficient (Wildman–Crippen LogP) is 5.92. The van der Waals surface area contributed by atoms with Crippen LogP contribution >= 0.6 is 0 Å². The van der Waals surface area contributed by atoms with Gasteiger partial charge in [0.2, 0.25) is 0 Å². The minimum Gasteiger partial charge on any atom is -0.494 e. The summed E-state index contributed by atoms with van der Waals surface area (Å²) in [4.78, 5) is 26.5. The Morgan fingerprint density at radius 2 is 1.31 bits per heavy atom. The third kappa shape index (κ3) is 7.87. The predicted molar refractivity (Wildman–Crippen MR) is 148 cm³/mol. The smallest absolute Gasteiger partial charge is 0.419 e. The molecule has 0 saturated heterocycles. The summed E-state index contributed by atoms with van der Waals surface area (Å²) in [5, 5.41) is 0. The normalized spacial score (nSPS) is 11.3. The lowest BCUT2D eigenvalue weighted by molar-refractivity contribution is -0.457. The lowest BCUT2D eigenvalue weighted by Gasteiger charge is -2.14. The standard InChI is InChI=1S/C32H30NO6/c1-3-37-26-16-14-25(15-17-26)31(34)33(2)30(23-36-22-24-10-6-4-7-11-24)32(35)39-29-20-18-28(19-21-29)38-27-12-8-5-9-13-27/h4-21,30H,2-3,22-23H2,1H3/q+1. The van der Waals surface area contributed by atoms with Crippen molar-refractivity contribution in [1.82, 2.24) is 0 Å². The van der Waals surface area contributed by atoms with Crippen LogP contribution in [0.4, 0.5) is 0 Å². The highest BCUT2D eigenvalue weighted by atomic mass is 16.5. The lowest BCUT2D eigenvalue weighted by atomic mass is 10.1. The van der Waals surface area contributed by atoms with Crippen LogP contribution in [-0.4, -0.2) is 42.4 Å². The zero-order valence-corrected chi connectivity index (χ0v) is 21.7. The zero-order chi connectivity index (χ0) is 27.5. The molecule has 0 spiro atoms. The van der Waals surface area contributed by atoms with Crippen LogP contribution in [0.25, 0.3) is 0 Å². The van der Waals surface area contributed by atoms with Gasteiger partial charge in [0.15, 0.2) is 0 Å². The highest BCUT2D eigenvalue weighted by Crippen LogP contribution is 2.24. The molecule has 7 heteroatoms. The summed E-state index contributed by atoms with van der Waals surface area (Å²) < 4.78 is 23.8. The van der Waals surface area contributed by atoms with E-state index in [1.54, 1.807) is 48.5 Å². The van der Waals surface area contributed by atoms with Crippen LogP contribution < -0.4 is 14.2 Å². The SMILES string of the molecule is C=[N+](C(=O)c1ccc(OCC)cc1)C(COCc1ccccc1)C(=O)Oc1ccc(Oc2ccccc2)cc1. The Hall–Kier alpha value is -4.75. The molecule has 0 aliphatic heterocycles. The number of benzene rings is 4. The first-order valence-corrected chi connectivity index (χ1v) is 12.6. The Labute approximate surface area is 227 Å². The fourth-order valence-corrected chi connectivity index (χ4v) is 3.70. The van der Waals surface area contributed by atoms with E-state index in [1.807, 2.05) is 67.6 Å². The number of hydrogen-bond donors (Lipinski definition) is 0. The highest BCUT2D eigenvalue weighted by Gasteiger charge is 2.36. The average molecular weight is 525 g/mol. The van der Waals surface area contributed by atoms with Gasteiger partial charge in [-0.1, -0.05) is 48.5 Å². The first-order chi connectivity index (χ1) is 19.0. The minimum atomic E-state index is -1.09. The fourth-order valence-electron chi connectivity index (χ4n) is 3.70. The number of esters is 1. The second-order valence-corrected chi connectivity index (χ2v) is 8.56. The Balaban J connectivity index is 1.45. The Bertz CT molecular complexity index is 1370. The van der Waals surface area contributed by atoms with Gasteiger partial charge in [0.1, 0.15) is 36.3 Å². The highest BCUT2D eigenvalue weighted by molar-refractivity contribution is 5.91. The minimum absolute atomic E-state index is 0.102. The maximum absolute atomic E-state index is 13.3. The largest absolute Gasteiger partial charge is 0.494 e. The molecule has 0 bridgehead atoms. The van der Waals surface area contributed by atoms with Crippen LogP contribution in [0.2, 0.25) is 0 Å². The molecule has 4 aromatic carbocycles. The van der Waals surface area contributed by atoms with E-state index in [-0.39, 0.29) is 13.2 Å². The van der Waals surface area contributed by atoms with Crippen molar-refractivity contribution in [1.29, 1.82) is 0 Å². The van der Waals surface area contributed by atoms with Gasteiger partial charge in [-0.2, -0.15) is 4.58 Å². The number of nitrogens with zero attached hydrogens (tertiary/aromatic N) is 1. The molecule has 7 nitrogen and oxygen atoms in total. The van der Waals surface area contributed by atoms with Crippen molar-refractivity contribution in [3.8, 4) is 23.0 Å². The van der Waals surface area contributed by atoms with Crippen molar-refractivity contribution in [2.24, 2.45) is 0 Å². The van der Waals surface area contributed by atoms with E-state index in [0.717, 1.165) is 10.1 Å². The number of rotatable bonds is 12. The molecule has 198 valence electrons. The van der Waals surface area contributed by atoms with Crippen LogP contribution in [-0.2, 0) is 16.1 Å². The van der Waals surface area contributed by atoms with Crippen molar-refractivity contribution in [2.75, 3.05) is 13.2 Å². The molecule has 0 radical (unpaired) electrons. The number of hydrogen-bond acceptors (Lipinski definition) is 6. The second kappa shape index (κ2) is 13.7. The number of carbonyl (C=O) groups excluding carboxylic acids is 2. The summed E-state index contributed by atoms with van der Waals surface area (Å²) in [5.74, 6) is 1.11. The van der Waals surface area contributed by atoms with Crippen molar-refractivity contribution in [3.05, 3.63) is 120 Å². The van der Waals surface area contributed by atoms with Crippen LogP contribution in [0.1, 0.15) is 22.8 Å². The van der Waals surface area contributed by atoms with Gasteiger partial charge in [-0.3, -0.25) is 0 Å². The summed E-state index contributed by atoms with van der Waals surface area (Å²) in [6.07, 6.45) is 0. The van der Waals surface area contributed by atoms with Gasteiger partial charge >= 0.3 is 11.9 Å². The van der Waals surface area contributed by atoms with Gasteiger partial charge in [0, 0.05) is 0 Å². The molecular formula is C32H30NO6+.